The zero-order valence-electron chi connectivity index (χ0n) is 25.1. The van der Waals surface area contributed by atoms with Crippen LogP contribution in [0.5, 0.6) is 5.75 Å². The minimum Gasteiger partial charge on any atom is -0.492 e. The largest absolute Gasteiger partial charge is 0.492 e. The molecule has 0 spiro atoms. The van der Waals surface area contributed by atoms with Gasteiger partial charge in [-0.15, -0.1) is 0 Å². The molecule has 3 aromatic carbocycles. The van der Waals surface area contributed by atoms with Gasteiger partial charge in [-0.25, -0.2) is 9.97 Å². The summed E-state index contributed by atoms with van der Waals surface area (Å²) in [6.45, 7) is 8.90. The minimum absolute atomic E-state index is 0.00145. The Kier molecular flexibility index (Phi) is 8.43. The molecule has 220 valence electrons. The molecule has 0 saturated carbocycles. The quantitative estimate of drug-likeness (QED) is 0.207. The van der Waals surface area contributed by atoms with Crippen LogP contribution < -0.4 is 15.4 Å². The molecule has 0 aliphatic carbocycles. The van der Waals surface area contributed by atoms with E-state index < -0.39 is 0 Å². The number of nitrogens with zero attached hydrogens (tertiary/aromatic N) is 4. The Balaban J connectivity index is 1.31. The summed E-state index contributed by atoms with van der Waals surface area (Å²) in [6.07, 6.45) is 5.50. The highest BCUT2D eigenvalue weighted by molar-refractivity contribution is 6.04. The number of rotatable bonds is 9. The molecule has 0 atom stereocenters. The highest BCUT2D eigenvalue weighted by Crippen LogP contribution is 2.28. The van der Waals surface area contributed by atoms with Gasteiger partial charge in [0.15, 0.2) is 11.5 Å². The van der Waals surface area contributed by atoms with E-state index >= 15 is 0 Å². The second-order valence-corrected chi connectivity index (χ2v) is 11.4. The number of nitrogens with one attached hydrogen (secondary N) is 2. The van der Waals surface area contributed by atoms with Gasteiger partial charge < -0.3 is 24.7 Å². The summed E-state index contributed by atoms with van der Waals surface area (Å²) in [7, 11) is 1.75. The van der Waals surface area contributed by atoms with Gasteiger partial charge in [0.2, 0.25) is 5.91 Å². The molecule has 0 bridgehead atoms. The molecule has 5 aromatic rings. The number of fused-ring (bicyclic) bond motifs is 1. The normalized spacial score (nSPS) is 11.3. The van der Waals surface area contributed by atoms with Crippen LogP contribution in [0.1, 0.15) is 43.6 Å². The Hall–Kier alpha value is -5.18. The molecule has 2 N–H and O–H groups in total. The molecule has 43 heavy (non-hydrogen) atoms. The van der Waals surface area contributed by atoms with Crippen molar-refractivity contribution in [3.63, 3.8) is 0 Å². The maximum Gasteiger partial charge on any atom is 0.255 e. The van der Waals surface area contributed by atoms with Crippen LogP contribution in [-0.4, -0.2) is 51.3 Å². The highest BCUT2D eigenvalue weighted by atomic mass is 16.5. The fraction of sp³-hybridized carbons (Fsp3) is 0.235. The number of carbonyl (C=O) groups excluding carboxylic acids is 2. The predicted molar refractivity (Wildman–Crippen MR) is 170 cm³/mol. The molecule has 2 amide bonds. The molecule has 9 heteroatoms. The first-order chi connectivity index (χ1) is 20.6. The lowest BCUT2D eigenvalue weighted by atomic mass is 9.87. The number of benzene rings is 3. The van der Waals surface area contributed by atoms with Crippen molar-refractivity contribution in [2.24, 2.45) is 0 Å². The van der Waals surface area contributed by atoms with Crippen molar-refractivity contribution >= 4 is 34.7 Å². The number of imidazole rings is 1. The van der Waals surface area contributed by atoms with E-state index in [1.165, 1.54) is 12.5 Å². The molecule has 0 aliphatic heterocycles. The van der Waals surface area contributed by atoms with Crippen LogP contribution in [0.3, 0.4) is 0 Å². The summed E-state index contributed by atoms with van der Waals surface area (Å²) < 4.78 is 7.68. The van der Waals surface area contributed by atoms with E-state index in [1.54, 1.807) is 18.1 Å². The summed E-state index contributed by atoms with van der Waals surface area (Å²) >= 11 is 0. The molecular formula is C34H36N6O3. The van der Waals surface area contributed by atoms with E-state index in [1.807, 2.05) is 89.6 Å². The molecule has 0 fully saturated rings. The number of ether oxygens (including phenoxy) is 1. The highest BCUT2D eigenvalue weighted by Gasteiger charge is 2.15. The topological polar surface area (TPSA) is 101 Å². The predicted octanol–water partition coefficient (Wildman–Crippen LogP) is 6.55. The first kappa shape index (κ1) is 29.3. The van der Waals surface area contributed by atoms with Gasteiger partial charge in [0.25, 0.3) is 5.91 Å². The van der Waals surface area contributed by atoms with Gasteiger partial charge in [-0.2, -0.15) is 0 Å². The van der Waals surface area contributed by atoms with Gasteiger partial charge >= 0.3 is 0 Å². The van der Waals surface area contributed by atoms with E-state index in [2.05, 4.69) is 36.4 Å². The lowest BCUT2D eigenvalue weighted by Gasteiger charge is -2.19. The maximum atomic E-state index is 13.0. The van der Waals surface area contributed by atoms with Crippen LogP contribution in [0.15, 0.2) is 91.4 Å². The monoisotopic (exact) mass is 576 g/mol. The summed E-state index contributed by atoms with van der Waals surface area (Å²) in [6, 6.07) is 22.9. The van der Waals surface area contributed by atoms with Crippen LogP contribution in [0, 0.1) is 0 Å². The fourth-order valence-corrected chi connectivity index (χ4v) is 4.46. The third-order valence-electron chi connectivity index (χ3n) is 7.15. The number of carbonyl (C=O) groups is 2. The summed E-state index contributed by atoms with van der Waals surface area (Å²) in [4.78, 5) is 35.3. The van der Waals surface area contributed by atoms with Gasteiger partial charge in [0, 0.05) is 55.1 Å². The Morgan fingerprint density at radius 1 is 0.977 bits per heavy atom. The third kappa shape index (κ3) is 7.19. The number of amides is 2. The molecule has 0 aliphatic rings. The lowest BCUT2D eigenvalue weighted by Crippen LogP contribution is -2.28. The first-order valence-electron chi connectivity index (χ1n) is 14.1. The molecule has 0 unspecified atom stereocenters. The van der Waals surface area contributed by atoms with Crippen molar-refractivity contribution in [3.05, 3.63) is 103 Å². The van der Waals surface area contributed by atoms with Crippen LogP contribution in [-0.2, 0) is 10.2 Å². The summed E-state index contributed by atoms with van der Waals surface area (Å²) in [5.41, 5.74) is 5.53. The number of likely N-dealkylation sites (N-methyl/N-ethyl adjacent to an activating group) is 1. The molecule has 5 rings (SSSR count). The molecule has 2 aromatic heterocycles. The van der Waals surface area contributed by atoms with Crippen LogP contribution in [0.4, 0.5) is 17.2 Å². The van der Waals surface area contributed by atoms with E-state index in [9.17, 15) is 9.59 Å². The Bertz CT molecular complexity index is 1740. The number of hydrogen-bond acceptors (Lipinski definition) is 6. The zero-order chi connectivity index (χ0) is 30.6. The molecule has 2 heterocycles. The Labute approximate surface area is 251 Å². The standard InChI is InChI=1S/C34H36N6O3/c1-23(41)39(5)19-20-43-29-15-13-27(14-16-29)36-31-32-35-17-18-40(32)22-30(38-31)25-7-6-8-28(21-25)37-33(42)24-9-11-26(12-10-24)34(2,3)4/h6-18,21-22H,19-20H2,1-5H3,(H,36,38)(H,37,42). The average molecular weight is 577 g/mol. The molecule has 0 radical (unpaired) electrons. The third-order valence-corrected chi connectivity index (χ3v) is 7.15. The van der Waals surface area contributed by atoms with Gasteiger partial charge in [-0.3, -0.25) is 9.59 Å². The van der Waals surface area contributed by atoms with E-state index in [4.69, 9.17) is 9.72 Å². The number of anilines is 3. The molecule has 9 nitrogen and oxygen atoms in total. The second kappa shape index (κ2) is 12.4. The minimum atomic E-state index is -0.170. The first-order valence-corrected chi connectivity index (χ1v) is 14.1. The Morgan fingerprint density at radius 3 is 2.42 bits per heavy atom. The SMILES string of the molecule is CC(=O)N(C)CCOc1ccc(Nc2nc(-c3cccc(NC(=O)c4ccc(C(C)(C)C)cc4)c3)cn3ccnc23)cc1. The van der Waals surface area contributed by atoms with Crippen molar-refractivity contribution < 1.29 is 14.3 Å². The van der Waals surface area contributed by atoms with Gasteiger partial charge in [-0.05, 0) is 59.5 Å². The maximum absolute atomic E-state index is 13.0. The molecule has 0 saturated heterocycles. The number of aromatic nitrogens is 3. The second-order valence-electron chi connectivity index (χ2n) is 11.4. The number of hydrogen-bond donors (Lipinski definition) is 2. The summed E-state index contributed by atoms with van der Waals surface area (Å²) in [5, 5.41) is 6.38. The molecular weight excluding hydrogens is 540 g/mol. The van der Waals surface area contributed by atoms with Gasteiger partial charge in [0.1, 0.15) is 12.4 Å². The zero-order valence-corrected chi connectivity index (χ0v) is 25.1. The van der Waals surface area contributed by atoms with Crippen molar-refractivity contribution in [2.75, 3.05) is 30.8 Å². The van der Waals surface area contributed by atoms with E-state index in [-0.39, 0.29) is 17.2 Å². The van der Waals surface area contributed by atoms with Crippen LogP contribution in [0.25, 0.3) is 16.9 Å². The lowest BCUT2D eigenvalue weighted by molar-refractivity contribution is -0.127. The summed E-state index contributed by atoms with van der Waals surface area (Å²) in [5.74, 6) is 1.13. The van der Waals surface area contributed by atoms with Crippen molar-refractivity contribution in [2.45, 2.75) is 33.1 Å². The van der Waals surface area contributed by atoms with E-state index in [0.29, 0.717) is 47.3 Å². The fourth-order valence-electron chi connectivity index (χ4n) is 4.46. The van der Waals surface area contributed by atoms with Crippen molar-refractivity contribution in [1.29, 1.82) is 0 Å². The van der Waals surface area contributed by atoms with Gasteiger partial charge in [-0.1, -0.05) is 45.0 Å². The van der Waals surface area contributed by atoms with Crippen LogP contribution in [0.2, 0.25) is 0 Å². The van der Waals surface area contributed by atoms with E-state index in [0.717, 1.165) is 11.3 Å². The van der Waals surface area contributed by atoms with Crippen molar-refractivity contribution in [3.8, 4) is 17.0 Å². The average Bonchev–Trinajstić information content (AvgIpc) is 3.47. The van der Waals surface area contributed by atoms with Crippen LogP contribution >= 0.6 is 0 Å². The smallest absolute Gasteiger partial charge is 0.255 e. The van der Waals surface area contributed by atoms with Gasteiger partial charge in [0.05, 0.1) is 12.2 Å². The van der Waals surface area contributed by atoms with Crippen molar-refractivity contribution in [1.82, 2.24) is 19.3 Å². The Morgan fingerprint density at radius 2 is 1.72 bits per heavy atom.